The van der Waals surface area contributed by atoms with Crippen LogP contribution < -0.4 is 11.1 Å². The van der Waals surface area contributed by atoms with Crippen LogP contribution in [0.15, 0.2) is 0 Å². The highest BCUT2D eigenvalue weighted by molar-refractivity contribution is 5.93. The molecule has 0 fully saturated rings. The van der Waals surface area contributed by atoms with Crippen molar-refractivity contribution >= 4 is 5.91 Å². The normalized spacial score (nSPS) is 10.5. The molecule has 0 aliphatic carbocycles. The summed E-state index contributed by atoms with van der Waals surface area (Å²) in [6, 6.07) is 0. The zero-order chi connectivity index (χ0) is 9.61. The fraction of sp³-hybridized carbons (Fsp3) is 0.667. The summed E-state index contributed by atoms with van der Waals surface area (Å²) in [4.78, 5) is 10.9. The summed E-state index contributed by atoms with van der Waals surface area (Å²) in [5.41, 5.74) is 5.23. The van der Waals surface area contributed by atoms with Gasteiger partial charge in [-0.2, -0.15) is 0 Å². The number of terminal acetylenes is 1. The summed E-state index contributed by atoms with van der Waals surface area (Å²) < 4.78 is 0. The van der Waals surface area contributed by atoms with Crippen molar-refractivity contribution in [3.8, 4) is 12.3 Å². The molecule has 0 saturated heterocycles. The van der Waals surface area contributed by atoms with Crippen LogP contribution in [-0.4, -0.2) is 18.0 Å². The molecule has 0 aromatic carbocycles. The number of rotatable bonds is 4. The summed E-state index contributed by atoms with van der Waals surface area (Å²) in [6.45, 7) is 4.38. The van der Waals surface area contributed by atoms with E-state index < -0.39 is 0 Å². The SMILES string of the molecule is C#CC(=O)NC(CC)(CC)CN. The van der Waals surface area contributed by atoms with Crippen molar-refractivity contribution in [2.24, 2.45) is 5.73 Å². The van der Waals surface area contributed by atoms with Crippen molar-refractivity contribution in [1.82, 2.24) is 5.32 Å². The summed E-state index contributed by atoms with van der Waals surface area (Å²) >= 11 is 0. The second-order valence-electron chi connectivity index (χ2n) is 2.79. The molecule has 3 nitrogen and oxygen atoms in total. The topological polar surface area (TPSA) is 55.1 Å². The second kappa shape index (κ2) is 4.78. The Hall–Kier alpha value is -1.01. The molecule has 3 N–H and O–H groups in total. The van der Waals surface area contributed by atoms with Gasteiger partial charge in [0.1, 0.15) is 0 Å². The van der Waals surface area contributed by atoms with Gasteiger partial charge in [-0.3, -0.25) is 4.79 Å². The highest BCUT2D eigenvalue weighted by Gasteiger charge is 2.25. The van der Waals surface area contributed by atoms with Gasteiger partial charge in [0, 0.05) is 6.54 Å². The van der Waals surface area contributed by atoms with E-state index in [0.29, 0.717) is 6.54 Å². The third kappa shape index (κ3) is 2.55. The predicted octanol–water partition coefficient (Wildman–Crippen LogP) is 0.253. The molecule has 0 spiro atoms. The lowest BCUT2D eigenvalue weighted by atomic mass is 9.93. The van der Waals surface area contributed by atoms with Crippen molar-refractivity contribution in [2.75, 3.05) is 6.54 Å². The van der Waals surface area contributed by atoms with Gasteiger partial charge in [0.15, 0.2) is 0 Å². The lowest BCUT2D eigenvalue weighted by Crippen LogP contribution is -2.52. The van der Waals surface area contributed by atoms with Gasteiger partial charge in [0.2, 0.25) is 0 Å². The highest BCUT2D eigenvalue weighted by Crippen LogP contribution is 2.12. The average Bonchev–Trinajstić information content (AvgIpc) is 2.14. The quantitative estimate of drug-likeness (QED) is 0.591. The van der Waals surface area contributed by atoms with E-state index in [1.54, 1.807) is 0 Å². The molecular formula is C9H16N2O. The van der Waals surface area contributed by atoms with E-state index in [1.165, 1.54) is 0 Å². The van der Waals surface area contributed by atoms with Gasteiger partial charge in [0.25, 0.3) is 5.91 Å². The van der Waals surface area contributed by atoms with E-state index in [0.717, 1.165) is 12.8 Å². The molecule has 0 saturated carbocycles. The molecule has 0 aliphatic rings. The zero-order valence-electron chi connectivity index (χ0n) is 7.68. The maximum atomic E-state index is 10.9. The molecule has 0 bridgehead atoms. The molecule has 0 aliphatic heterocycles. The molecule has 0 heterocycles. The first-order valence-electron chi connectivity index (χ1n) is 4.13. The third-order valence-electron chi connectivity index (χ3n) is 2.25. The molecule has 12 heavy (non-hydrogen) atoms. The van der Waals surface area contributed by atoms with Crippen LogP contribution in [0.1, 0.15) is 26.7 Å². The van der Waals surface area contributed by atoms with Crippen molar-refractivity contribution in [3.05, 3.63) is 0 Å². The molecule has 68 valence electrons. The fourth-order valence-corrected chi connectivity index (χ4v) is 1.04. The van der Waals surface area contributed by atoms with Crippen LogP contribution in [-0.2, 0) is 4.79 Å². The second-order valence-corrected chi connectivity index (χ2v) is 2.79. The first kappa shape index (κ1) is 11.0. The summed E-state index contributed by atoms with van der Waals surface area (Å²) in [5, 5.41) is 2.73. The Morgan fingerprint density at radius 1 is 1.58 bits per heavy atom. The van der Waals surface area contributed by atoms with E-state index in [-0.39, 0.29) is 11.4 Å². The highest BCUT2D eigenvalue weighted by atomic mass is 16.1. The van der Waals surface area contributed by atoms with E-state index >= 15 is 0 Å². The fourth-order valence-electron chi connectivity index (χ4n) is 1.04. The van der Waals surface area contributed by atoms with Crippen LogP contribution >= 0.6 is 0 Å². The lowest BCUT2D eigenvalue weighted by molar-refractivity contribution is -0.117. The van der Waals surface area contributed by atoms with Gasteiger partial charge in [-0.05, 0) is 18.8 Å². The molecule has 3 heteroatoms. The number of carbonyl (C=O) groups is 1. The largest absolute Gasteiger partial charge is 0.339 e. The molecule has 0 aromatic rings. The molecule has 0 atom stereocenters. The molecule has 0 aromatic heterocycles. The van der Waals surface area contributed by atoms with Gasteiger partial charge >= 0.3 is 0 Å². The Balaban J connectivity index is 4.32. The maximum absolute atomic E-state index is 10.9. The van der Waals surface area contributed by atoms with Crippen LogP contribution in [0.3, 0.4) is 0 Å². The first-order valence-corrected chi connectivity index (χ1v) is 4.13. The Labute approximate surface area is 73.7 Å². The maximum Gasteiger partial charge on any atom is 0.296 e. The minimum Gasteiger partial charge on any atom is -0.339 e. The number of carbonyl (C=O) groups excluding carboxylic acids is 1. The minimum atomic E-state index is -0.385. The van der Waals surface area contributed by atoms with Crippen molar-refractivity contribution in [2.45, 2.75) is 32.2 Å². The third-order valence-corrected chi connectivity index (χ3v) is 2.25. The van der Waals surface area contributed by atoms with Crippen molar-refractivity contribution in [1.29, 1.82) is 0 Å². The summed E-state index contributed by atoms with van der Waals surface area (Å²) in [5.74, 6) is 1.63. The molecule has 0 unspecified atom stereocenters. The number of amides is 1. The molecule has 1 amide bonds. The predicted molar refractivity (Wildman–Crippen MR) is 49.3 cm³/mol. The van der Waals surface area contributed by atoms with Crippen molar-refractivity contribution < 1.29 is 4.79 Å². The Morgan fingerprint density at radius 3 is 2.33 bits per heavy atom. The van der Waals surface area contributed by atoms with E-state index in [9.17, 15) is 4.79 Å². The monoisotopic (exact) mass is 168 g/mol. The standard InChI is InChI=1S/C9H16N2O/c1-4-8(12)11-9(5-2,6-3)7-10/h1H,5-7,10H2,2-3H3,(H,11,12). The molecular weight excluding hydrogens is 152 g/mol. The van der Waals surface area contributed by atoms with Crippen LogP contribution in [0.4, 0.5) is 0 Å². The van der Waals surface area contributed by atoms with Crippen molar-refractivity contribution in [3.63, 3.8) is 0 Å². The van der Waals surface area contributed by atoms with Crippen LogP contribution in [0.2, 0.25) is 0 Å². The van der Waals surface area contributed by atoms with E-state index in [1.807, 2.05) is 19.8 Å². The van der Waals surface area contributed by atoms with E-state index in [4.69, 9.17) is 12.2 Å². The number of nitrogens with two attached hydrogens (primary N) is 1. The van der Waals surface area contributed by atoms with Gasteiger partial charge in [-0.15, -0.1) is 6.42 Å². The van der Waals surface area contributed by atoms with Crippen LogP contribution in [0.5, 0.6) is 0 Å². The van der Waals surface area contributed by atoms with Gasteiger partial charge in [-0.25, -0.2) is 0 Å². The van der Waals surface area contributed by atoms with Gasteiger partial charge in [-0.1, -0.05) is 13.8 Å². The number of hydrogen-bond donors (Lipinski definition) is 2. The zero-order valence-corrected chi connectivity index (χ0v) is 7.68. The van der Waals surface area contributed by atoms with E-state index in [2.05, 4.69) is 5.32 Å². The van der Waals surface area contributed by atoms with Gasteiger partial charge < -0.3 is 11.1 Å². The Morgan fingerprint density at radius 2 is 2.08 bits per heavy atom. The van der Waals surface area contributed by atoms with Crippen LogP contribution in [0.25, 0.3) is 0 Å². The Bertz CT molecular complexity index is 181. The van der Waals surface area contributed by atoms with Gasteiger partial charge in [0.05, 0.1) is 5.54 Å². The average molecular weight is 168 g/mol. The Kier molecular flexibility index (Phi) is 4.38. The van der Waals surface area contributed by atoms with Crippen LogP contribution in [0, 0.1) is 12.3 Å². The molecule has 0 radical (unpaired) electrons. The smallest absolute Gasteiger partial charge is 0.296 e. The minimum absolute atomic E-state index is 0.316. The summed E-state index contributed by atoms with van der Waals surface area (Å²) in [6.07, 6.45) is 6.54. The lowest BCUT2D eigenvalue weighted by Gasteiger charge is -2.30. The number of hydrogen-bond acceptors (Lipinski definition) is 2. The first-order chi connectivity index (χ1) is 5.64. The number of nitrogens with one attached hydrogen (secondary N) is 1. The summed E-state index contributed by atoms with van der Waals surface area (Å²) in [7, 11) is 0. The molecule has 0 rings (SSSR count).